The first kappa shape index (κ1) is 19.6. The molecule has 8 nitrogen and oxygen atoms in total. The van der Waals surface area contributed by atoms with Crippen LogP contribution in [0.25, 0.3) is 0 Å². The molecular formula is C22H20N2O6. The van der Waals surface area contributed by atoms with Crippen LogP contribution in [0.4, 0.5) is 11.4 Å². The summed E-state index contributed by atoms with van der Waals surface area (Å²) >= 11 is 0. The van der Waals surface area contributed by atoms with E-state index in [-0.39, 0.29) is 49.3 Å². The van der Waals surface area contributed by atoms with Crippen LogP contribution in [0.5, 0.6) is 11.5 Å². The summed E-state index contributed by atoms with van der Waals surface area (Å²) in [5, 5.41) is 0. The van der Waals surface area contributed by atoms with Gasteiger partial charge in [0.25, 0.3) is 0 Å². The summed E-state index contributed by atoms with van der Waals surface area (Å²) in [7, 11) is 1.56. The highest BCUT2D eigenvalue weighted by Crippen LogP contribution is 2.29. The molecule has 0 aliphatic carbocycles. The van der Waals surface area contributed by atoms with Gasteiger partial charge in [0.2, 0.25) is 17.7 Å². The molecule has 0 radical (unpaired) electrons. The van der Waals surface area contributed by atoms with Crippen molar-refractivity contribution in [1.29, 1.82) is 0 Å². The molecule has 0 unspecified atom stereocenters. The van der Waals surface area contributed by atoms with Crippen LogP contribution in [0.1, 0.15) is 19.3 Å². The number of rotatable bonds is 5. The molecule has 2 aromatic rings. The Bertz CT molecular complexity index is 983. The first-order valence-electron chi connectivity index (χ1n) is 9.58. The normalized spacial score (nSPS) is 18.8. The van der Waals surface area contributed by atoms with Crippen LogP contribution >= 0.6 is 0 Å². The Labute approximate surface area is 173 Å². The van der Waals surface area contributed by atoms with Crippen LogP contribution in [0.3, 0.4) is 0 Å². The number of hydrogen-bond donors (Lipinski definition) is 0. The minimum atomic E-state index is -0.582. The predicted octanol–water partition coefficient (Wildman–Crippen LogP) is 2.31. The number of carbonyl (C=O) groups is 4. The first-order valence-corrected chi connectivity index (χ1v) is 9.58. The highest BCUT2D eigenvalue weighted by Gasteiger charge is 2.36. The van der Waals surface area contributed by atoms with Crippen molar-refractivity contribution in [2.75, 3.05) is 23.5 Å². The molecule has 0 spiro atoms. The van der Waals surface area contributed by atoms with Crippen LogP contribution < -0.4 is 19.3 Å². The first-order chi connectivity index (χ1) is 14.5. The van der Waals surface area contributed by atoms with Gasteiger partial charge in [0.15, 0.2) is 0 Å². The SMILES string of the molecule is COc1ccc(N2C[C@H](C(=O)Oc3ccc(N4C(=O)CCC4=O)cc3)CC2=O)cc1. The number of benzene rings is 2. The van der Waals surface area contributed by atoms with Crippen molar-refractivity contribution < 1.29 is 28.7 Å². The number of hydrogen-bond acceptors (Lipinski definition) is 6. The third-order valence-corrected chi connectivity index (χ3v) is 5.21. The fourth-order valence-electron chi connectivity index (χ4n) is 3.60. The van der Waals surface area contributed by atoms with E-state index in [1.165, 1.54) is 12.1 Å². The highest BCUT2D eigenvalue weighted by molar-refractivity contribution is 6.19. The highest BCUT2D eigenvalue weighted by atomic mass is 16.5. The Morgan fingerprint density at radius 3 is 2.00 bits per heavy atom. The molecule has 3 amide bonds. The average Bonchev–Trinajstić information content (AvgIpc) is 3.31. The lowest BCUT2D eigenvalue weighted by atomic mass is 10.1. The molecule has 30 heavy (non-hydrogen) atoms. The summed E-state index contributed by atoms with van der Waals surface area (Å²) in [6.07, 6.45) is 0.478. The Balaban J connectivity index is 1.39. The molecule has 2 aliphatic heterocycles. The minimum Gasteiger partial charge on any atom is -0.497 e. The predicted molar refractivity (Wildman–Crippen MR) is 107 cm³/mol. The number of anilines is 2. The van der Waals surface area contributed by atoms with Crippen molar-refractivity contribution in [3.05, 3.63) is 48.5 Å². The van der Waals surface area contributed by atoms with E-state index in [1.807, 2.05) is 0 Å². The third-order valence-electron chi connectivity index (χ3n) is 5.21. The summed E-state index contributed by atoms with van der Waals surface area (Å²) < 4.78 is 10.5. The van der Waals surface area contributed by atoms with Crippen molar-refractivity contribution in [2.24, 2.45) is 5.92 Å². The topological polar surface area (TPSA) is 93.2 Å². The molecule has 0 aromatic heterocycles. The summed E-state index contributed by atoms with van der Waals surface area (Å²) in [6.45, 7) is 0.235. The number of amides is 3. The summed E-state index contributed by atoms with van der Waals surface area (Å²) in [6, 6.07) is 13.2. The molecule has 2 aliphatic rings. The number of methoxy groups -OCH3 is 1. The second-order valence-corrected chi connectivity index (χ2v) is 7.14. The molecule has 0 N–H and O–H groups in total. The molecule has 2 fully saturated rings. The fraction of sp³-hybridized carbons (Fsp3) is 0.273. The second-order valence-electron chi connectivity index (χ2n) is 7.14. The van der Waals surface area contributed by atoms with Crippen molar-refractivity contribution in [3.8, 4) is 11.5 Å². The molecule has 2 aromatic carbocycles. The van der Waals surface area contributed by atoms with Gasteiger partial charge < -0.3 is 14.4 Å². The van der Waals surface area contributed by atoms with Crippen LogP contribution in [-0.4, -0.2) is 37.3 Å². The van der Waals surface area contributed by atoms with Gasteiger partial charge in [-0.15, -0.1) is 0 Å². The number of nitrogens with zero attached hydrogens (tertiary/aromatic N) is 2. The maximum absolute atomic E-state index is 12.5. The van der Waals surface area contributed by atoms with Gasteiger partial charge in [-0.3, -0.25) is 24.1 Å². The van der Waals surface area contributed by atoms with Gasteiger partial charge in [-0.2, -0.15) is 0 Å². The zero-order valence-electron chi connectivity index (χ0n) is 16.4. The Hall–Kier alpha value is -3.68. The van der Waals surface area contributed by atoms with E-state index in [9.17, 15) is 19.2 Å². The van der Waals surface area contributed by atoms with Gasteiger partial charge in [-0.25, -0.2) is 0 Å². The zero-order valence-corrected chi connectivity index (χ0v) is 16.4. The largest absolute Gasteiger partial charge is 0.497 e. The van der Waals surface area contributed by atoms with E-state index in [0.717, 1.165) is 4.90 Å². The van der Waals surface area contributed by atoms with Crippen LogP contribution in [0.2, 0.25) is 0 Å². The standard InChI is InChI=1S/C22H20N2O6/c1-29-17-6-2-15(3-7-17)23-13-14(12-21(23)27)22(28)30-18-8-4-16(5-9-18)24-19(25)10-11-20(24)26/h2-9,14H,10-13H2,1H3/t14-/m1/s1. The Kier molecular flexibility index (Phi) is 5.22. The Morgan fingerprint density at radius 1 is 0.833 bits per heavy atom. The van der Waals surface area contributed by atoms with Gasteiger partial charge in [0.05, 0.1) is 18.7 Å². The smallest absolute Gasteiger partial charge is 0.316 e. The van der Waals surface area contributed by atoms with Crippen LogP contribution in [-0.2, 0) is 19.2 Å². The van der Waals surface area contributed by atoms with Gasteiger partial charge in [0.1, 0.15) is 11.5 Å². The number of imide groups is 1. The van der Waals surface area contributed by atoms with Crippen molar-refractivity contribution >= 4 is 35.1 Å². The van der Waals surface area contributed by atoms with Crippen molar-refractivity contribution in [1.82, 2.24) is 0 Å². The lowest BCUT2D eigenvalue weighted by molar-refractivity contribution is -0.139. The quantitative estimate of drug-likeness (QED) is 0.428. The summed E-state index contributed by atoms with van der Waals surface area (Å²) in [5.41, 5.74) is 1.14. The number of carbonyl (C=O) groups excluding carboxylic acids is 4. The van der Waals surface area contributed by atoms with Gasteiger partial charge in [0, 0.05) is 31.5 Å². The fourth-order valence-corrected chi connectivity index (χ4v) is 3.60. The van der Waals surface area contributed by atoms with Crippen LogP contribution in [0.15, 0.2) is 48.5 Å². The second kappa shape index (κ2) is 7.98. The third kappa shape index (κ3) is 3.76. The van der Waals surface area contributed by atoms with E-state index >= 15 is 0 Å². The molecule has 0 saturated carbocycles. The van der Waals surface area contributed by atoms with E-state index in [1.54, 1.807) is 48.4 Å². The zero-order chi connectivity index (χ0) is 21.3. The lowest BCUT2D eigenvalue weighted by Gasteiger charge is -2.17. The van der Waals surface area contributed by atoms with Crippen molar-refractivity contribution in [2.45, 2.75) is 19.3 Å². The number of ether oxygens (including phenoxy) is 2. The molecule has 1 atom stereocenters. The van der Waals surface area contributed by atoms with E-state index in [2.05, 4.69) is 0 Å². The molecule has 8 heteroatoms. The van der Waals surface area contributed by atoms with Gasteiger partial charge in [-0.05, 0) is 48.5 Å². The molecule has 154 valence electrons. The van der Waals surface area contributed by atoms with E-state index in [0.29, 0.717) is 17.1 Å². The molecule has 2 heterocycles. The molecular weight excluding hydrogens is 388 g/mol. The molecule has 2 saturated heterocycles. The van der Waals surface area contributed by atoms with Gasteiger partial charge >= 0.3 is 5.97 Å². The lowest BCUT2D eigenvalue weighted by Crippen LogP contribution is -2.28. The van der Waals surface area contributed by atoms with E-state index in [4.69, 9.17) is 9.47 Å². The monoisotopic (exact) mass is 408 g/mol. The molecule has 0 bridgehead atoms. The molecule has 4 rings (SSSR count). The van der Waals surface area contributed by atoms with Gasteiger partial charge in [-0.1, -0.05) is 0 Å². The maximum atomic E-state index is 12.5. The summed E-state index contributed by atoms with van der Waals surface area (Å²) in [4.78, 5) is 51.2. The Morgan fingerprint density at radius 2 is 1.40 bits per heavy atom. The minimum absolute atomic E-state index is 0.0692. The number of esters is 1. The maximum Gasteiger partial charge on any atom is 0.316 e. The van der Waals surface area contributed by atoms with E-state index < -0.39 is 11.9 Å². The average molecular weight is 408 g/mol. The van der Waals surface area contributed by atoms with Crippen LogP contribution in [0, 0.1) is 5.92 Å². The van der Waals surface area contributed by atoms with Crippen molar-refractivity contribution in [3.63, 3.8) is 0 Å². The summed E-state index contributed by atoms with van der Waals surface area (Å²) in [5.74, 6) is -0.744.